The second-order valence-electron chi connectivity index (χ2n) is 3.62. The van der Waals surface area contributed by atoms with Crippen LogP contribution in [0.3, 0.4) is 0 Å². The first-order valence-electron chi connectivity index (χ1n) is 5.10. The number of pyridine rings is 1. The third kappa shape index (κ3) is 3.20. The Morgan fingerprint density at radius 3 is 2.45 bits per heavy atom. The molecule has 20 heavy (non-hydrogen) atoms. The van der Waals surface area contributed by atoms with Gasteiger partial charge in [-0.15, -0.1) is 0 Å². The molecular weight excluding hydrogens is 410 g/mol. The summed E-state index contributed by atoms with van der Waals surface area (Å²) in [6.45, 7) is 0. The van der Waals surface area contributed by atoms with E-state index in [0.717, 1.165) is 0 Å². The predicted molar refractivity (Wildman–Crippen MR) is 84.2 cm³/mol. The van der Waals surface area contributed by atoms with Crippen LogP contribution in [0.25, 0.3) is 0 Å². The molecule has 2 aromatic rings. The fraction of sp³-hybridized carbons (Fsp3) is 0. The largest absolute Gasteiger partial charge is 0.278 e. The van der Waals surface area contributed by atoms with Crippen molar-refractivity contribution in [2.45, 2.75) is 4.90 Å². The van der Waals surface area contributed by atoms with Gasteiger partial charge in [-0.1, -0.05) is 34.8 Å². The van der Waals surface area contributed by atoms with Crippen LogP contribution in [-0.2, 0) is 10.0 Å². The van der Waals surface area contributed by atoms with Gasteiger partial charge in [-0.25, -0.2) is 13.4 Å². The van der Waals surface area contributed by atoms with E-state index in [4.69, 9.17) is 34.8 Å². The van der Waals surface area contributed by atoms with E-state index >= 15 is 0 Å². The molecule has 0 saturated heterocycles. The van der Waals surface area contributed by atoms with Crippen LogP contribution in [0.1, 0.15) is 0 Å². The average Bonchev–Trinajstić information content (AvgIpc) is 2.40. The first-order valence-corrected chi connectivity index (χ1v) is 8.51. The van der Waals surface area contributed by atoms with Gasteiger partial charge in [-0.2, -0.15) is 0 Å². The lowest BCUT2D eigenvalue weighted by Crippen LogP contribution is -2.14. The van der Waals surface area contributed by atoms with E-state index in [9.17, 15) is 8.42 Å². The zero-order chi connectivity index (χ0) is 14.9. The van der Waals surface area contributed by atoms with Gasteiger partial charge in [0.2, 0.25) is 0 Å². The van der Waals surface area contributed by atoms with Gasteiger partial charge in [0.05, 0.1) is 15.7 Å². The molecule has 1 heterocycles. The minimum atomic E-state index is -3.90. The van der Waals surface area contributed by atoms with Crippen LogP contribution in [0.2, 0.25) is 15.2 Å². The van der Waals surface area contributed by atoms with Gasteiger partial charge in [0.25, 0.3) is 10.0 Å². The Kier molecular flexibility index (Phi) is 4.81. The first kappa shape index (κ1) is 15.9. The number of sulfonamides is 1. The predicted octanol–water partition coefficient (Wildman–Crippen LogP) is 4.61. The van der Waals surface area contributed by atoms with Gasteiger partial charge in [0.1, 0.15) is 10.0 Å². The SMILES string of the molecule is O=S(=O)(Nc1ccc(Br)c(Cl)c1Cl)c1cccnc1Cl. The number of anilines is 1. The van der Waals surface area contributed by atoms with E-state index in [1.165, 1.54) is 24.4 Å². The van der Waals surface area contributed by atoms with E-state index in [-0.39, 0.29) is 25.8 Å². The third-order valence-electron chi connectivity index (χ3n) is 2.29. The van der Waals surface area contributed by atoms with Crippen molar-refractivity contribution in [2.75, 3.05) is 4.72 Å². The van der Waals surface area contributed by atoms with Crippen LogP contribution in [0, 0.1) is 0 Å². The fourth-order valence-electron chi connectivity index (χ4n) is 1.38. The molecule has 0 atom stereocenters. The average molecular weight is 417 g/mol. The zero-order valence-corrected chi connectivity index (χ0v) is 14.2. The minimum absolute atomic E-state index is 0.0876. The van der Waals surface area contributed by atoms with Crippen LogP contribution in [0.15, 0.2) is 39.8 Å². The van der Waals surface area contributed by atoms with Gasteiger partial charge >= 0.3 is 0 Å². The number of hydrogen-bond donors (Lipinski definition) is 1. The number of benzene rings is 1. The lowest BCUT2D eigenvalue weighted by atomic mass is 10.3. The molecular formula is C11H6BrCl3N2O2S. The van der Waals surface area contributed by atoms with E-state index in [0.29, 0.717) is 4.47 Å². The van der Waals surface area contributed by atoms with Crippen LogP contribution < -0.4 is 4.72 Å². The molecule has 4 nitrogen and oxygen atoms in total. The summed E-state index contributed by atoms with van der Waals surface area (Å²) < 4.78 is 27.3. The first-order chi connectivity index (χ1) is 9.33. The van der Waals surface area contributed by atoms with Gasteiger partial charge in [0, 0.05) is 10.7 Å². The monoisotopic (exact) mass is 414 g/mol. The Hall–Kier alpha value is -0.530. The van der Waals surface area contributed by atoms with Crippen molar-refractivity contribution in [3.63, 3.8) is 0 Å². The summed E-state index contributed by atoms with van der Waals surface area (Å²) in [6, 6.07) is 5.87. The molecule has 2 rings (SSSR count). The standard InChI is InChI=1S/C11H6BrCl3N2O2S/c12-6-3-4-7(10(14)9(6)13)17-20(18,19)8-2-1-5-16-11(8)15/h1-5,17H. The highest BCUT2D eigenvalue weighted by Crippen LogP contribution is 2.37. The summed E-state index contributed by atoms with van der Waals surface area (Å²) in [5, 5.41) is 0.174. The molecule has 1 N–H and O–H groups in total. The summed E-state index contributed by atoms with van der Waals surface area (Å²) in [5.41, 5.74) is 0.153. The number of nitrogens with one attached hydrogen (secondary N) is 1. The Labute approximate surface area is 139 Å². The fourth-order valence-corrected chi connectivity index (χ4v) is 3.78. The van der Waals surface area contributed by atoms with Gasteiger partial charge in [0.15, 0.2) is 0 Å². The van der Waals surface area contributed by atoms with Crippen molar-refractivity contribution in [1.82, 2.24) is 4.98 Å². The third-order valence-corrected chi connectivity index (χ3v) is 5.88. The van der Waals surface area contributed by atoms with E-state index < -0.39 is 10.0 Å². The molecule has 0 bridgehead atoms. The molecule has 0 fully saturated rings. The minimum Gasteiger partial charge on any atom is -0.278 e. The highest BCUT2D eigenvalue weighted by molar-refractivity contribution is 9.10. The molecule has 0 aliphatic carbocycles. The molecule has 0 amide bonds. The lowest BCUT2D eigenvalue weighted by Gasteiger charge is -2.11. The maximum atomic E-state index is 12.2. The number of nitrogens with zero attached hydrogens (tertiary/aromatic N) is 1. The summed E-state index contributed by atoms with van der Waals surface area (Å²) in [7, 11) is -3.90. The molecule has 0 saturated carbocycles. The van der Waals surface area contributed by atoms with Crippen molar-refractivity contribution in [1.29, 1.82) is 0 Å². The van der Waals surface area contributed by atoms with Crippen LogP contribution in [0.4, 0.5) is 5.69 Å². The van der Waals surface area contributed by atoms with E-state index in [1.807, 2.05) is 0 Å². The highest BCUT2D eigenvalue weighted by Gasteiger charge is 2.20. The van der Waals surface area contributed by atoms with Crippen molar-refractivity contribution in [2.24, 2.45) is 0 Å². The summed E-state index contributed by atoms with van der Waals surface area (Å²) in [4.78, 5) is 3.58. The topological polar surface area (TPSA) is 59.1 Å². The molecule has 1 aromatic heterocycles. The number of halogens is 4. The Morgan fingerprint density at radius 1 is 1.10 bits per heavy atom. The van der Waals surface area contributed by atoms with Gasteiger partial charge in [-0.05, 0) is 40.2 Å². The van der Waals surface area contributed by atoms with Gasteiger partial charge < -0.3 is 0 Å². The second kappa shape index (κ2) is 6.07. The molecule has 0 spiro atoms. The Bertz CT molecular complexity index is 768. The van der Waals surface area contributed by atoms with Gasteiger partial charge in [-0.3, -0.25) is 4.72 Å². The number of hydrogen-bond acceptors (Lipinski definition) is 3. The molecule has 1 aromatic carbocycles. The molecule has 0 aliphatic heterocycles. The Morgan fingerprint density at radius 2 is 1.80 bits per heavy atom. The summed E-state index contributed by atoms with van der Waals surface area (Å²) in [5.74, 6) is 0. The van der Waals surface area contributed by atoms with E-state index in [1.54, 1.807) is 6.07 Å². The number of aromatic nitrogens is 1. The second-order valence-corrected chi connectivity index (χ2v) is 7.24. The maximum absolute atomic E-state index is 12.2. The molecule has 9 heteroatoms. The maximum Gasteiger partial charge on any atom is 0.265 e. The zero-order valence-electron chi connectivity index (χ0n) is 9.57. The normalized spacial score (nSPS) is 11.4. The Balaban J connectivity index is 2.45. The van der Waals surface area contributed by atoms with Crippen LogP contribution >= 0.6 is 50.7 Å². The molecule has 106 valence electrons. The quantitative estimate of drug-likeness (QED) is 0.587. The highest BCUT2D eigenvalue weighted by atomic mass is 79.9. The van der Waals surface area contributed by atoms with Crippen molar-refractivity contribution >= 4 is 66.4 Å². The summed E-state index contributed by atoms with van der Waals surface area (Å²) >= 11 is 20.9. The smallest absolute Gasteiger partial charge is 0.265 e. The molecule has 0 radical (unpaired) electrons. The lowest BCUT2D eigenvalue weighted by molar-refractivity contribution is 0.601. The van der Waals surface area contributed by atoms with Crippen LogP contribution in [0.5, 0.6) is 0 Å². The van der Waals surface area contributed by atoms with E-state index in [2.05, 4.69) is 25.6 Å². The van der Waals surface area contributed by atoms with Crippen molar-refractivity contribution in [3.05, 3.63) is 50.1 Å². The molecule has 0 unspecified atom stereocenters. The van der Waals surface area contributed by atoms with Crippen molar-refractivity contribution in [3.8, 4) is 0 Å². The van der Waals surface area contributed by atoms with Crippen molar-refractivity contribution < 1.29 is 8.42 Å². The summed E-state index contributed by atoms with van der Waals surface area (Å²) in [6.07, 6.45) is 1.39. The number of rotatable bonds is 3. The van der Waals surface area contributed by atoms with Crippen LogP contribution in [-0.4, -0.2) is 13.4 Å². The molecule has 0 aliphatic rings.